The van der Waals surface area contributed by atoms with Gasteiger partial charge in [-0.3, -0.25) is 4.79 Å². The van der Waals surface area contributed by atoms with Crippen molar-refractivity contribution in [2.24, 2.45) is 5.50 Å². The van der Waals surface area contributed by atoms with Gasteiger partial charge in [0.05, 0.1) is 4.90 Å². The number of hydrogen-bond donors (Lipinski definition) is 3. The van der Waals surface area contributed by atoms with Crippen LogP contribution in [0.3, 0.4) is 0 Å². The van der Waals surface area contributed by atoms with Crippen LogP contribution in [0.1, 0.15) is 6.92 Å². The van der Waals surface area contributed by atoms with Crippen LogP contribution < -0.4 is 10.8 Å². The van der Waals surface area contributed by atoms with Crippen LogP contribution in [0, 0.1) is 0 Å². The van der Waals surface area contributed by atoms with Crippen molar-refractivity contribution in [2.75, 3.05) is 5.32 Å². The van der Waals surface area contributed by atoms with Crippen molar-refractivity contribution < 1.29 is 26.6 Å². The molecule has 0 bridgehead atoms. The summed E-state index contributed by atoms with van der Waals surface area (Å²) in [5.41, 5.74) is 4.98. The molecule has 0 saturated heterocycles. The van der Waals surface area contributed by atoms with E-state index in [4.69, 9.17) is 4.89 Å². The molecule has 8 nitrogen and oxygen atoms in total. The maximum Gasteiger partial charge on any atom is 0.415 e. The van der Waals surface area contributed by atoms with E-state index in [0.29, 0.717) is 5.69 Å². The fourth-order valence-corrected chi connectivity index (χ4v) is 3.03. The molecule has 1 aromatic rings. The lowest BCUT2D eigenvalue weighted by Gasteiger charge is -2.08. The molecule has 0 aliphatic rings. The van der Waals surface area contributed by atoms with Gasteiger partial charge >= 0.3 is 17.9 Å². The molecule has 18 heavy (non-hydrogen) atoms. The Morgan fingerprint density at radius 2 is 1.89 bits per heavy atom. The quantitative estimate of drug-likeness (QED) is 0.684. The molecule has 1 atom stereocenters. The second-order valence-electron chi connectivity index (χ2n) is 3.30. The zero-order valence-electron chi connectivity index (χ0n) is 9.23. The third-order valence-electron chi connectivity index (χ3n) is 1.67. The zero-order valence-corrected chi connectivity index (χ0v) is 10.9. The van der Waals surface area contributed by atoms with Gasteiger partial charge in [-0.25, -0.2) is 10.1 Å². The van der Waals surface area contributed by atoms with E-state index in [-0.39, 0.29) is 10.8 Å². The lowest BCUT2D eigenvalue weighted by atomic mass is 10.3. The molecule has 0 radical (unpaired) electrons. The molecule has 1 unspecified atom stereocenters. The van der Waals surface area contributed by atoms with E-state index >= 15 is 0 Å². The van der Waals surface area contributed by atoms with Crippen LogP contribution in [0.25, 0.3) is 0 Å². The van der Waals surface area contributed by atoms with Gasteiger partial charge in [-0.1, -0.05) is 0 Å². The first kappa shape index (κ1) is 14.8. The van der Waals surface area contributed by atoms with Crippen LogP contribution in [0.5, 0.6) is 0 Å². The van der Waals surface area contributed by atoms with Crippen LogP contribution >= 0.6 is 7.75 Å². The maximum absolute atomic E-state index is 11.5. The normalized spacial score (nSPS) is 14.8. The Balaban J connectivity index is 2.98. The molecule has 0 spiro atoms. The van der Waals surface area contributed by atoms with E-state index in [9.17, 15) is 17.8 Å². The molecule has 0 aliphatic heterocycles. The smallest absolute Gasteiger partial charge is 0.326 e. The van der Waals surface area contributed by atoms with E-state index in [1.54, 1.807) is 0 Å². The van der Waals surface area contributed by atoms with E-state index in [0.717, 1.165) is 12.1 Å². The Morgan fingerprint density at radius 3 is 2.28 bits per heavy atom. The van der Waals surface area contributed by atoms with Crippen molar-refractivity contribution >= 4 is 29.5 Å². The summed E-state index contributed by atoms with van der Waals surface area (Å²) in [4.78, 5) is 19.1. The molecule has 10 heteroatoms. The monoisotopic (exact) mass is 294 g/mol. The first-order valence-corrected chi connectivity index (χ1v) is 7.61. The van der Waals surface area contributed by atoms with Crippen molar-refractivity contribution in [1.82, 2.24) is 0 Å². The summed E-state index contributed by atoms with van der Waals surface area (Å²) in [7, 11) is -9.06. The standard InChI is InChI=1S/C8H11N2O6PS/c1-6(11)10-7-2-4-8(5-3-7)18(14,15)16-17(9,12)13/h2-5H,1H3,(H,10,11)(H3,9,12,13). The van der Waals surface area contributed by atoms with Gasteiger partial charge in [-0.15, -0.1) is 0 Å². The van der Waals surface area contributed by atoms with E-state index in [1.807, 2.05) is 0 Å². The highest BCUT2D eigenvalue weighted by Gasteiger charge is 2.25. The summed E-state index contributed by atoms with van der Waals surface area (Å²) in [5, 5.41) is 2.43. The van der Waals surface area contributed by atoms with Crippen LogP contribution in [0.15, 0.2) is 29.2 Å². The molecular formula is C8H11N2O6PS. The highest BCUT2D eigenvalue weighted by atomic mass is 32.2. The molecule has 100 valence electrons. The molecule has 0 aromatic heterocycles. The number of anilines is 1. The molecular weight excluding hydrogens is 283 g/mol. The minimum atomic E-state index is -4.64. The van der Waals surface area contributed by atoms with Gasteiger partial charge in [0.1, 0.15) is 0 Å². The van der Waals surface area contributed by atoms with E-state index < -0.39 is 17.9 Å². The minimum absolute atomic E-state index is 0.316. The predicted octanol–water partition coefficient (Wildman–Crippen LogP) is 0.409. The summed E-state index contributed by atoms with van der Waals surface area (Å²) < 4.78 is 37.5. The second kappa shape index (κ2) is 5.17. The van der Waals surface area contributed by atoms with Crippen LogP contribution in [-0.4, -0.2) is 19.2 Å². The summed E-state index contributed by atoms with van der Waals surface area (Å²) in [6.07, 6.45) is 0. The van der Waals surface area contributed by atoms with Crippen LogP contribution in [0.4, 0.5) is 5.69 Å². The van der Waals surface area contributed by atoms with Gasteiger partial charge in [-0.2, -0.15) is 12.4 Å². The Kier molecular flexibility index (Phi) is 4.25. The maximum atomic E-state index is 11.5. The Morgan fingerprint density at radius 1 is 1.39 bits per heavy atom. The topological polar surface area (TPSA) is 136 Å². The fraction of sp³-hybridized carbons (Fsp3) is 0.125. The highest BCUT2D eigenvalue weighted by Crippen LogP contribution is 2.36. The molecule has 0 aliphatic carbocycles. The molecule has 1 amide bonds. The fourth-order valence-electron chi connectivity index (χ4n) is 1.09. The minimum Gasteiger partial charge on any atom is -0.326 e. The van der Waals surface area contributed by atoms with Crippen LogP contribution in [0.2, 0.25) is 0 Å². The zero-order chi connectivity index (χ0) is 14.0. The van der Waals surface area contributed by atoms with Gasteiger partial charge in [0.25, 0.3) is 0 Å². The van der Waals surface area contributed by atoms with Gasteiger partial charge in [-0.05, 0) is 24.3 Å². The average molecular weight is 294 g/mol. The Hall–Kier alpha value is -1.25. The van der Waals surface area contributed by atoms with Crippen molar-refractivity contribution in [3.63, 3.8) is 0 Å². The number of rotatable bonds is 4. The Bertz CT molecular complexity index is 591. The second-order valence-corrected chi connectivity index (χ2v) is 6.40. The number of nitrogens with two attached hydrogens (primary N) is 1. The number of hydrogen-bond acceptors (Lipinski definition) is 5. The summed E-state index contributed by atoms with van der Waals surface area (Å²) in [5.74, 6) is -0.316. The Labute approximate surface area is 103 Å². The first-order valence-electron chi connectivity index (χ1n) is 4.55. The number of nitrogens with one attached hydrogen (secondary N) is 1. The van der Waals surface area contributed by atoms with Crippen molar-refractivity contribution in [3.05, 3.63) is 24.3 Å². The van der Waals surface area contributed by atoms with Gasteiger partial charge in [0, 0.05) is 12.6 Å². The SMILES string of the molecule is CC(=O)Nc1ccc(S(=O)(=O)OP(N)(=O)O)cc1. The summed E-state index contributed by atoms with van der Waals surface area (Å²) >= 11 is 0. The number of carbonyl (C=O) groups excluding carboxylic acids is 1. The van der Waals surface area contributed by atoms with Gasteiger partial charge in [0.15, 0.2) is 0 Å². The lowest BCUT2D eigenvalue weighted by Crippen LogP contribution is -2.09. The van der Waals surface area contributed by atoms with Crippen molar-refractivity contribution in [1.29, 1.82) is 0 Å². The molecule has 0 fully saturated rings. The summed E-state index contributed by atoms with van der Waals surface area (Å²) in [6, 6.07) is 4.82. The molecule has 0 heterocycles. The van der Waals surface area contributed by atoms with Gasteiger partial charge < -0.3 is 10.2 Å². The van der Waals surface area contributed by atoms with E-state index in [2.05, 4.69) is 14.8 Å². The average Bonchev–Trinajstić information content (AvgIpc) is 2.13. The molecule has 0 saturated carbocycles. The van der Waals surface area contributed by atoms with Crippen LogP contribution in [-0.2, 0) is 23.4 Å². The lowest BCUT2D eigenvalue weighted by molar-refractivity contribution is -0.114. The highest BCUT2D eigenvalue weighted by molar-refractivity contribution is 7.90. The number of carbonyl (C=O) groups is 1. The summed E-state index contributed by atoms with van der Waals surface area (Å²) in [6.45, 7) is 1.30. The first-order chi connectivity index (χ1) is 8.10. The third kappa shape index (κ3) is 4.55. The van der Waals surface area contributed by atoms with E-state index in [1.165, 1.54) is 19.1 Å². The number of benzene rings is 1. The molecule has 1 rings (SSSR count). The molecule has 1 aromatic carbocycles. The predicted molar refractivity (Wildman–Crippen MR) is 63.0 cm³/mol. The molecule has 4 N–H and O–H groups in total. The third-order valence-corrected chi connectivity index (χ3v) is 4.16. The van der Waals surface area contributed by atoms with Crippen molar-refractivity contribution in [3.8, 4) is 0 Å². The largest absolute Gasteiger partial charge is 0.415 e. The van der Waals surface area contributed by atoms with Gasteiger partial charge in [0.2, 0.25) is 5.91 Å². The number of amides is 1. The van der Waals surface area contributed by atoms with Crippen molar-refractivity contribution in [2.45, 2.75) is 11.8 Å².